The Morgan fingerprint density at radius 1 is 1.53 bits per heavy atom. The van der Waals surface area contributed by atoms with Crippen LogP contribution in [0.2, 0.25) is 5.02 Å². The maximum absolute atomic E-state index is 5.93. The number of benzene rings is 1. The summed E-state index contributed by atoms with van der Waals surface area (Å²) in [7, 11) is 1.70. The standard InChI is InChI=1S/C12H16ClN3O/c1-8(7-17-2)6-16-11-4-3-9(13)5-10(11)15-12(16)14/h3-5,8H,6-7H2,1-2H3,(H2,14,15). The molecule has 1 unspecified atom stereocenters. The molecule has 1 aromatic carbocycles. The number of anilines is 1. The van der Waals surface area contributed by atoms with E-state index in [9.17, 15) is 0 Å². The van der Waals surface area contributed by atoms with Crippen molar-refractivity contribution < 1.29 is 4.74 Å². The molecule has 0 saturated heterocycles. The lowest BCUT2D eigenvalue weighted by Crippen LogP contribution is -2.14. The molecule has 0 spiro atoms. The number of nitrogens with two attached hydrogens (primary N) is 1. The van der Waals surface area contributed by atoms with Gasteiger partial charge in [-0.3, -0.25) is 0 Å². The predicted octanol–water partition coefficient (Wildman–Crippen LogP) is 2.55. The fraction of sp³-hybridized carbons (Fsp3) is 0.417. The van der Waals surface area contributed by atoms with E-state index >= 15 is 0 Å². The van der Waals surface area contributed by atoms with E-state index in [4.69, 9.17) is 22.1 Å². The minimum absolute atomic E-state index is 0.385. The lowest BCUT2D eigenvalue weighted by molar-refractivity contribution is 0.152. The Morgan fingerprint density at radius 2 is 2.29 bits per heavy atom. The fourth-order valence-corrected chi connectivity index (χ4v) is 2.13. The largest absolute Gasteiger partial charge is 0.384 e. The van der Waals surface area contributed by atoms with Crippen LogP contribution >= 0.6 is 11.6 Å². The van der Waals surface area contributed by atoms with Gasteiger partial charge in [0.1, 0.15) is 0 Å². The summed E-state index contributed by atoms with van der Waals surface area (Å²) in [6, 6.07) is 5.62. The molecule has 0 aliphatic heterocycles. The highest BCUT2D eigenvalue weighted by Crippen LogP contribution is 2.22. The van der Waals surface area contributed by atoms with E-state index in [-0.39, 0.29) is 0 Å². The van der Waals surface area contributed by atoms with Gasteiger partial charge in [0.15, 0.2) is 0 Å². The first-order valence-corrected chi connectivity index (χ1v) is 5.90. The van der Waals surface area contributed by atoms with Gasteiger partial charge in [0, 0.05) is 18.7 Å². The van der Waals surface area contributed by atoms with Gasteiger partial charge >= 0.3 is 0 Å². The van der Waals surface area contributed by atoms with Gasteiger partial charge in [0.25, 0.3) is 0 Å². The summed E-state index contributed by atoms with van der Waals surface area (Å²) in [4.78, 5) is 4.30. The molecule has 5 heteroatoms. The van der Waals surface area contributed by atoms with Crippen molar-refractivity contribution in [3.8, 4) is 0 Å². The van der Waals surface area contributed by atoms with Crippen molar-refractivity contribution in [2.75, 3.05) is 19.5 Å². The molecule has 0 aliphatic carbocycles. The molecule has 1 atom stereocenters. The number of methoxy groups -OCH3 is 1. The number of nitrogen functional groups attached to an aromatic ring is 1. The Kier molecular flexibility index (Phi) is 3.54. The van der Waals surface area contributed by atoms with Crippen LogP contribution in [0.5, 0.6) is 0 Å². The maximum Gasteiger partial charge on any atom is 0.201 e. The second-order valence-electron chi connectivity index (χ2n) is 4.27. The van der Waals surface area contributed by atoms with Gasteiger partial charge in [0.05, 0.1) is 17.6 Å². The van der Waals surface area contributed by atoms with Crippen LogP contribution in [-0.2, 0) is 11.3 Å². The average molecular weight is 254 g/mol. The number of hydrogen-bond donors (Lipinski definition) is 1. The van der Waals surface area contributed by atoms with Crippen LogP contribution in [0.15, 0.2) is 18.2 Å². The number of rotatable bonds is 4. The van der Waals surface area contributed by atoms with Crippen molar-refractivity contribution in [1.82, 2.24) is 9.55 Å². The maximum atomic E-state index is 5.93. The molecule has 0 saturated carbocycles. The highest BCUT2D eigenvalue weighted by atomic mass is 35.5. The average Bonchev–Trinajstić information content (AvgIpc) is 2.55. The summed E-state index contributed by atoms with van der Waals surface area (Å²) in [5.74, 6) is 0.903. The molecular weight excluding hydrogens is 238 g/mol. The Hall–Kier alpha value is -1.26. The minimum atomic E-state index is 0.385. The Morgan fingerprint density at radius 3 is 3.00 bits per heavy atom. The second-order valence-corrected chi connectivity index (χ2v) is 4.71. The summed E-state index contributed by atoms with van der Waals surface area (Å²) >= 11 is 5.93. The second kappa shape index (κ2) is 4.94. The number of ether oxygens (including phenoxy) is 1. The number of aromatic nitrogens is 2. The summed E-state index contributed by atoms with van der Waals surface area (Å²) in [6.07, 6.45) is 0. The van der Waals surface area contributed by atoms with Crippen LogP contribution < -0.4 is 5.73 Å². The topological polar surface area (TPSA) is 53.1 Å². The van der Waals surface area contributed by atoms with Crippen molar-refractivity contribution in [1.29, 1.82) is 0 Å². The van der Waals surface area contributed by atoms with Crippen LogP contribution in [0.25, 0.3) is 11.0 Å². The van der Waals surface area contributed by atoms with Crippen LogP contribution in [0, 0.1) is 5.92 Å². The van der Waals surface area contributed by atoms with Crippen LogP contribution in [0.4, 0.5) is 5.95 Å². The Labute approximate surface area is 105 Å². The highest BCUT2D eigenvalue weighted by molar-refractivity contribution is 6.31. The third-order valence-electron chi connectivity index (χ3n) is 2.69. The quantitative estimate of drug-likeness (QED) is 0.911. The van der Waals surface area contributed by atoms with E-state index < -0.39 is 0 Å². The van der Waals surface area contributed by atoms with Crippen LogP contribution in [-0.4, -0.2) is 23.3 Å². The molecule has 0 radical (unpaired) electrons. The van der Waals surface area contributed by atoms with Crippen molar-refractivity contribution in [3.63, 3.8) is 0 Å². The number of fused-ring (bicyclic) bond motifs is 1. The summed E-state index contributed by atoms with van der Waals surface area (Å²) < 4.78 is 7.12. The van der Waals surface area contributed by atoms with E-state index in [0.717, 1.165) is 17.6 Å². The van der Waals surface area contributed by atoms with E-state index in [1.807, 2.05) is 22.8 Å². The summed E-state index contributed by atoms with van der Waals surface area (Å²) in [5, 5.41) is 0.673. The Bertz CT molecular complexity index is 524. The van der Waals surface area contributed by atoms with E-state index in [2.05, 4.69) is 11.9 Å². The number of halogens is 1. The van der Waals surface area contributed by atoms with Gasteiger partial charge in [-0.05, 0) is 24.1 Å². The van der Waals surface area contributed by atoms with E-state index in [0.29, 0.717) is 23.5 Å². The summed E-state index contributed by atoms with van der Waals surface area (Å²) in [6.45, 7) is 3.61. The fourth-order valence-electron chi connectivity index (χ4n) is 1.96. The molecule has 0 aliphatic rings. The van der Waals surface area contributed by atoms with Gasteiger partial charge in [0.2, 0.25) is 5.95 Å². The minimum Gasteiger partial charge on any atom is -0.384 e. The smallest absolute Gasteiger partial charge is 0.201 e. The normalized spacial score (nSPS) is 13.1. The van der Waals surface area contributed by atoms with Crippen molar-refractivity contribution in [2.24, 2.45) is 5.92 Å². The third-order valence-corrected chi connectivity index (χ3v) is 2.92. The van der Waals surface area contributed by atoms with Gasteiger partial charge in [-0.1, -0.05) is 18.5 Å². The molecule has 2 N–H and O–H groups in total. The molecule has 2 aromatic rings. The zero-order valence-corrected chi connectivity index (χ0v) is 10.7. The zero-order valence-electron chi connectivity index (χ0n) is 9.98. The van der Waals surface area contributed by atoms with Gasteiger partial charge < -0.3 is 15.0 Å². The Balaban J connectivity index is 2.36. The first-order chi connectivity index (χ1) is 8.11. The van der Waals surface area contributed by atoms with Gasteiger partial charge in [-0.25, -0.2) is 4.98 Å². The highest BCUT2D eigenvalue weighted by Gasteiger charge is 2.11. The number of nitrogens with zero attached hydrogens (tertiary/aromatic N) is 2. The molecule has 0 fully saturated rings. The molecule has 1 aromatic heterocycles. The van der Waals surface area contributed by atoms with Gasteiger partial charge in [-0.15, -0.1) is 0 Å². The zero-order chi connectivity index (χ0) is 12.4. The first kappa shape index (κ1) is 12.2. The van der Waals surface area contributed by atoms with Crippen molar-refractivity contribution in [3.05, 3.63) is 23.2 Å². The molecule has 1 heterocycles. The SMILES string of the molecule is COCC(C)Cn1c(N)nc2cc(Cl)ccc21. The van der Waals surface area contributed by atoms with E-state index in [1.54, 1.807) is 7.11 Å². The first-order valence-electron chi connectivity index (χ1n) is 5.52. The molecule has 2 rings (SSSR count). The summed E-state index contributed by atoms with van der Waals surface area (Å²) in [5.41, 5.74) is 7.76. The molecule has 17 heavy (non-hydrogen) atoms. The van der Waals surface area contributed by atoms with Crippen LogP contribution in [0.1, 0.15) is 6.92 Å². The van der Waals surface area contributed by atoms with Crippen molar-refractivity contribution in [2.45, 2.75) is 13.5 Å². The third kappa shape index (κ3) is 2.53. The molecule has 4 nitrogen and oxygen atoms in total. The lowest BCUT2D eigenvalue weighted by atomic mass is 10.2. The molecule has 92 valence electrons. The number of hydrogen-bond acceptors (Lipinski definition) is 3. The molecular formula is C12H16ClN3O. The van der Waals surface area contributed by atoms with E-state index in [1.165, 1.54) is 0 Å². The predicted molar refractivity (Wildman–Crippen MR) is 70.2 cm³/mol. The molecule has 0 amide bonds. The van der Waals surface area contributed by atoms with Crippen LogP contribution in [0.3, 0.4) is 0 Å². The lowest BCUT2D eigenvalue weighted by Gasteiger charge is -2.12. The van der Waals surface area contributed by atoms with Crippen molar-refractivity contribution >= 4 is 28.6 Å². The van der Waals surface area contributed by atoms with Gasteiger partial charge in [-0.2, -0.15) is 0 Å². The molecule has 0 bridgehead atoms. The monoisotopic (exact) mass is 253 g/mol. The number of imidazole rings is 1.